The topological polar surface area (TPSA) is 59.6 Å². The van der Waals surface area contributed by atoms with Crippen LogP contribution in [0, 0.1) is 5.82 Å². The first-order valence-corrected chi connectivity index (χ1v) is 6.58. The second-order valence-corrected chi connectivity index (χ2v) is 4.05. The molecular formula is C14H21FN2O3. The molecule has 0 aliphatic rings. The molecule has 0 spiro atoms. The van der Waals surface area contributed by atoms with Crippen LogP contribution in [0.1, 0.15) is 17.3 Å². The summed E-state index contributed by atoms with van der Waals surface area (Å²) in [6, 6.07) is 4.42. The van der Waals surface area contributed by atoms with E-state index in [1.165, 1.54) is 12.1 Å². The third-order valence-corrected chi connectivity index (χ3v) is 2.58. The Bertz CT molecular complexity index is 427. The van der Waals surface area contributed by atoms with Crippen LogP contribution in [0.5, 0.6) is 0 Å². The Morgan fingerprint density at radius 3 is 2.80 bits per heavy atom. The largest absolute Gasteiger partial charge is 0.382 e. The molecule has 5 nitrogen and oxygen atoms in total. The number of carbonyl (C=O) groups is 1. The summed E-state index contributed by atoms with van der Waals surface area (Å²) in [6.45, 7) is 4.14. The van der Waals surface area contributed by atoms with Crippen molar-refractivity contribution >= 4 is 11.6 Å². The van der Waals surface area contributed by atoms with Gasteiger partial charge in [0.15, 0.2) is 0 Å². The summed E-state index contributed by atoms with van der Waals surface area (Å²) in [4.78, 5) is 12.0. The van der Waals surface area contributed by atoms with Gasteiger partial charge in [0.05, 0.1) is 31.1 Å². The van der Waals surface area contributed by atoms with Crippen molar-refractivity contribution in [3.05, 3.63) is 29.6 Å². The van der Waals surface area contributed by atoms with E-state index in [0.717, 1.165) is 0 Å². The van der Waals surface area contributed by atoms with E-state index in [2.05, 4.69) is 10.6 Å². The molecule has 2 N–H and O–H groups in total. The minimum absolute atomic E-state index is 0.229. The quantitative estimate of drug-likeness (QED) is 0.677. The van der Waals surface area contributed by atoms with Crippen LogP contribution in [0.3, 0.4) is 0 Å². The van der Waals surface area contributed by atoms with Crippen molar-refractivity contribution < 1.29 is 18.7 Å². The fourth-order valence-electron chi connectivity index (χ4n) is 1.65. The Labute approximate surface area is 118 Å². The van der Waals surface area contributed by atoms with Crippen LogP contribution in [-0.2, 0) is 9.47 Å². The zero-order chi connectivity index (χ0) is 14.8. The van der Waals surface area contributed by atoms with Gasteiger partial charge in [0.25, 0.3) is 5.91 Å². The van der Waals surface area contributed by atoms with Crippen molar-refractivity contribution in [1.29, 1.82) is 0 Å². The fourth-order valence-corrected chi connectivity index (χ4v) is 1.65. The number of para-hydroxylation sites is 1. The van der Waals surface area contributed by atoms with Crippen LogP contribution in [0.4, 0.5) is 10.1 Å². The number of rotatable bonds is 9. The summed E-state index contributed by atoms with van der Waals surface area (Å²) >= 11 is 0. The molecule has 0 heterocycles. The van der Waals surface area contributed by atoms with Gasteiger partial charge in [-0.25, -0.2) is 4.39 Å². The van der Waals surface area contributed by atoms with E-state index in [1.54, 1.807) is 13.2 Å². The summed E-state index contributed by atoms with van der Waals surface area (Å²) in [5.74, 6) is -0.758. The van der Waals surface area contributed by atoms with E-state index in [9.17, 15) is 9.18 Å². The molecule has 0 radical (unpaired) electrons. The van der Waals surface area contributed by atoms with E-state index >= 15 is 0 Å². The molecule has 1 amide bonds. The minimum Gasteiger partial charge on any atom is -0.382 e. The Morgan fingerprint density at radius 1 is 1.30 bits per heavy atom. The molecule has 0 bridgehead atoms. The lowest BCUT2D eigenvalue weighted by Gasteiger charge is -2.12. The van der Waals surface area contributed by atoms with Crippen molar-refractivity contribution in [2.45, 2.75) is 6.92 Å². The highest BCUT2D eigenvalue weighted by molar-refractivity contribution is 5.99. The minimum atomic E-state index is -0.434. The monoisotopic (exact) mass is 284 g/mol. The van der Waals surface area contributed by atoms with Crippen LogP contribution in [0.25, 0.3) is 0 Å². The van der Waals surface area contributed by atoms with Crippen molar-refractivity contribution in [2.24, 2.45) is 0 Å². The van der Waals surface area contributed by atoms with Crippen LogP contribution >= 0.6 is 0 Å². The number of nitrogens with one attached hydrogen (secondary N) is 2. The molecule has 0 atom stereocenters. The second kappa shape index (κ2) is 9.28. The van der Waals surface area contributed by atoms with Gasteiger partial charge in [-0.1, -0.05) is 6.07 Å². The summed E-state index contributed by atoms with van der Waals surface area (Å²) in [6.07, 6.45) is 0. The second-order valence-electron chi connectivity index (χ2n) is 4.05. The van der Waals surface area contributed by atoms with E-state index in [4.69, 9.17) is 9.47 Å². The van der Waals surface area contributed by atoms with Gasteiger partial charge in [-0.05, 0) is 19.1 Å². The highest BCUT2D eigenvalue weighted by Gasteiger charge is 2.13. The summed E-state index contributed by atoms with van der Waals surface area (Å²) in [7, 11) is 1.59. The van der Waals surface area contributed by atoms with Gasteiger partial charge in [-0.2, -0.15) is 0 Å². The van der Waals surface area contributed by atoms with Gasteiger partial charge < -0.3 is 20.1 Å². The van der Waals surface area contributed by atoms with Crippen LogP contribution in [0.2, 0.25) is 0 Å². The summed E-state index contributed by atoms with van der Waals surface area (Å²) < 4.78 is 23.7. The number of ether oxygens (including phenoxy) is 2. The smallest absolute Gasteiger partial charge is 0.253 e. The number of hydrogen-bond donors (Lipinski definition) is 2. The number of benzene rings is 1. The number of anilines is 1. The highest BCUT2D eigenvalue weighted by Crippen LogP contribution is 2.19. The molecule has 1 aromatic carbocycles. The summed E-state index contributed by atoms with van der Waals surface area (Å²) in [5.41, 5.74) is 0.525. The Hall–Kier alpha value is -1.66. The zero-order valence-electron chi connectivity index (χ0n) is 11.9. The molecule has 0 unspecified atom stereocenters. The van der Waals surface area contributed by atoms with Gasteiger partial charge >= 0.3 is 0 Å². The van der Waals surface area contributed by atoms with Gasteiger partial charge in [-0.3, -0.25) is 4.79 Å². The SMILES string of the molecule is CCNc1c(F)cccc1C(=O)NCCOCCOC. The van der Waals surface area contributed by atoms with Gasteiger partial charge in [0, 0.05) is 20.2 Å². The molecule has 0 saturated carbocycles. The first-order chi connectivity index (χ1) is 9.70. The number of amides is 1. The summed E-state index contributed by atoms with van der Waals surface area (Å²) in [5, 5.41) is 5.55. The van der Waals surface area contributed by atoms with E-state index < -0.39 is 5.82 Å². The number of carbonyl (C=O) groups excluding carboxylic acids is 1. The first-order valence-electron chi connectivity index (χ1n) is 6.58. The van der Waals surface area contributed by atoms with Crippen molar-refractivity contribution in [3.8, 4) is 0 Å². The molecule has 0 aliphatic heterocycles. The lowest BCUT2D eigenvalue weighted by molar-refractivity contribution is 0.0693. The molecule has 1 aromatic rings. The van der Waals surface area contributed by atoms with Crippen LogP contribution in [0.15, 0.2) is 18.2 Å². The Balaban J connectivity index is 2.49. The average Bonchev–Trinajstić information content (AvgIpc) is 2.45. The average molecular weight is 284 g/mol. The van der Waals surface area contributed by atoms with E-state index in [1.807, 2.05) is 6.92 Å². The molecule has 0 fully saturated rings. The van der Waals surface area contributed by atoms with Crippen molar-refractivity contribution in [2.75, 3.05) is 45.3 Å². The van der Waals surface area contributed by atoms with E-state index in [-0.39, 0.29) is 11.6 Å². The fraction of sp³-hybridized carbons (Fsp3) is 0.500. The maximum absolute atomic E-state index is 13.6. The molecule has 0 saturated heterocycles. The predicted molar refractivity (Wildman–Crippen MR) is 75.6 cm³/mol. The third-order valence-electron chi connectivity index (χ3n) is 2.58. The van der Waals surface area contributed by atoms with Crippen LogP contribution in [-0.4, -0.2) is 45.9 Å². The van der Waals surface area contributed by atoms with Crippen LogP contribution < -0.4 is 10.6 Å². The van der Waals surface area contributed by atoms with Gasteiger partial charge in [0.2, 0.25) is 0 Å². The normalized spacial score (nSPS) is 10.3. The zero-order valence-corrected chi connectivity index (χ0v) is 11.9. The number of methoxy groups -OCH3 is 1. The Kier molecular flexibility index (Phi) is 7.60. The first kappa shape index (κ1) is 16.4. The van der Waals surface area contributed by atoms with Crippen molar-refractivity contribution in [3.63, 3.8) is 0 Å². The van der Waals surface area contributed by atoms with Gasteiger partial charge in [0.1, 0.15) is 5.82 Å². The molecule has 6 heteroatoms. The van der Waals surface area contributed by atoms with Crippen molar-refractivity contribution in [1.82, 2.24) is 5.32 Å². The molecular weight excluding hydrogens is 263 g/mol. The predicted octanol–water partition coefficient (Wildman–Crippen LogP) is 1.65. The Morgan fingerprint density at radius 2 is 2.10 bits per heavy atom. The van der Waals surface area contributed by atoms with Gasteiger partial charge in [-0.15, -0.1) is 0 Å². The lowest BCUT2D eigenvalue weighted by Crippen LogP contribution is -2.28. The molecule has 112 valence electrons. The third kappa shape index (κ3) is 5.14. The maximum Gasteiger partial charge on any atom is 0.253 e. The molecule has 0 aromatic heterocycles. The standard InChI is InChI=1S/C14H21FN2O3/c1-3-16-13-11(5-4-6-12(13)15)14(18)17-7-8-20-10-9-19-2/h4-6,16H,3,7-10H2,1-2H3,(H,17,18). The maximum atomic E-state index is 13.6. The lowest BCUT2D eigenvalue weighted by atomic mass is 10.1. The van der Waals surface area contributed by atoms with E-state index in [0.29, 0.717) is 38.5 Å². The highest BCUT2D eigenvalue weighted by atomic mass is 19.1. The number of hydrogen-bond acceptors (Lipinski definition) is 4. The molecule has 1 rings (SSSR count). The molecule has 20 heavy (non-hydrogen) atoms. The molecule has 0 aliphatic carbocycles. The number of halogens is 1.